The van der Waals surface area contributed by atoms with Gasteiger partial charge in [0.15, 0.2) is 5.82 Å². The first kappa shape index (κ1) is 12.2. The first-order chi connectivity index (χ1) is 8.65. The van der Waals surface area contributed by atoms with Crippen LogP contribution in [0.25, 0.3) is 0 Å². The van der Waals surface area contributed by atoms with Gasteiger partial charge in [-0.25, -0.2) is 4.79 Å². The number of esters is 1. The fraction of sp³-hybridized carbons (Fsp3) is 0.417. The van der Waals surface area contributed by atoms with Crippen LogP contribution in [0.2, 0.25) is 0 Å². The minimum Gasteiger partial charge on any atom is -0.461 e. The molecular formula is C12H13N3O3. The number of H-pyrrole nitrogens is 1. The normalized spacial score (nSPS) is 18.8. The van der Waals surface area contributed by atoms with Gasteiger partial charge in [0, 0.05) is 24.9 Å². The van der Waals surface area contributed by atoms with Gasteiger partial charge in [-0.15, -0.1) is 12.3 Å². The van der Waals surface area contributed by atoms with E-state index in [1.165, 1.54) is 11.0 Å². The lowest BCUT2D eigenvalue weighted by Crippen LogP contribution is -2.24. The van der Waals surface area contributed by atoms with Crippen LogP contribution in [0.4, 0.5) is 5.82 Å². The van der Waals surface area contributed by atoms with Gasteiger partial charge in [-0.2, -0.15) is 5.10 Å². The number of carbonyl (C=O) groups excluding carboxylic acids is 2. The quantitative estimate of drug-likeness (QED) is 0.626. The maximum Gasteiger partial charge on any atom is 0.356 e. The predicted molar refractivity (Wildman–Crippen MR) is 63.8 cm³/mol. The fourth-order valence-electron chi connectivity index (χ4n) is 1.80. The van der Waals surface area contributed by atoms with Crippen LogP contribution in [-0.2, 0) is 9.53 Å². The molecule has 18 heavy (non-hydrogen) atoms. The molecule has 2 heterocycles. The number of ether oxygens (including phenoxy) is 1. The zero-order chi connectivity index (χ0) is 13.1. The third-order valence-electron chi connectivity index (χ3n) is 2.70. The zero-order valence-electron chi connectivity index (χ0n) is 9.97. The van der Waals surface area contributed by atoms with Crippen LogP contribution in [0.15, 0.2) is 6.07 Å². The number of amides is 1. The highest BCUT2D eigenvalue weighted by molar-refractivity contribution is 5.96. The number of hydrogen-bond donors (Lipinski definition) is 1. The Labute approximate surface area is 104 Å². The summed E-state index contributed by atoms with van der Waals surface area (Å²) < 4.78 is 4.83. The summed E-state index contributed by atoms with van der Waals surface area (Å²) in [6, 6.07) is 1.49. The van der Waals surface area contributed by atoms with Crippen molar-refractivity contribution in [1.29, 1.82) is 0 Å². The molecule has 0 saturated carbocycles. The smallest absolute Gasteiger partial charge is 0.356 e. The van der Waals surface area contributed by atoms with Crippen molar-refractivity contribution in [3.63, 3.8) is 0 Å². The Hall–Kier alpha value is -2.29. The van der Waals surface area contributed by atoms with Gasteiger partial charge in [-0.3, -0.25) is 14.8 Å². The van der Waals surface area contributed by atoms with E-state index >= 15 is 0 Å². The Kier molecular flexibility index (Phi) is 3.33. The molecule has 1 aliphatic rings. The van der Waals surface area contributed by atoms with Crippen LogP contribution in [0, 0.1) is 18.3 Å². The molecule has 0 aromatic carbocycles. The highest BCUT2D eigenvalue weighted by Crippen LogP contribution is 2.23. The van der Waals surface area contributed by atoms with E-state index in [0.29, 0.717) is 18.8 Å². The van der Waals surface area contributed by atoms with E-state index in [2.05, 4.69) is 16.1 Å². The number of aromatic nitrogens is 2. The molecule has 1 aromatic rings. The largest absolute Gasteiger partial charge is 0.461 e. The van der Waals surface area contributed by atoms with Crippen molar-refractivity contribution < 1.29 is 14.3 Å². The average molecular weight is 247 g/mol. The van der Waals surface area contributed by atoms with Crippen molar-refractivity contribution in [2.75, 3.05) is 18.1 Å². The second-order valence-electron chi connectivity index (χ2n) is 3.93. The van der Waals surface area contributed by atoms with E-state index in [9.17, 15) is 9.59 Å². The van der Waals surface area contributed by atoms with Crippen LogP contribution in [0.3, 0.4) is 0 Å². The molecule has 1 amide bonds. The van der Waals surface area contributed by atoms with Crippen molar-refractivity contribution in [1.82, 2.24) is 10.2 Å². The van der Waals surface area contributed by atoms with E-state index in [-0.39, 0.29) is 24.1 Å². The number of anilines is 1. The maximum absolute atomic E-state index is 11.7. The first-order valence-corrected chi connectivity index (χ1v) is 5.64. The highest BCUT2D eigenvalue weighted by Gasteiger charge is 2.31. The minimum atomic E-state index is -0.489. The minimum absolute atomic E-state index is 0.0835. The molecule has 0 bridgehead atoms. The summed E-state index contributed by atoms with van der Waals surface area (Å²) in [5.74, 6) is 2.29. The van der Waals surface area contributed by atoms with E-state index in [1.54, 1.807) is 6.92 Å². The van der Waals surface area contributed by atoms with Crippen molar-refractivity contribution in [2.24, 2.45) is 5.92 Å². The van der Waals surface area contributed by atoms with Crippen LogP contribution in [0.1, 0.15) is 23.8 Å². The molecule has 1 aliphatic heterocycles. The Morgan fingerprint density at radius 3 is 3.17 bits per heavy atom. The molecule has 0 aliphatic carbocycles. The standard InChI is InChI=1S/C12H13N3O3/c1-3-8-5-11(16)15(7-8)10-6-9(13-14-10)12(17)18-4-2/h1,6,8H,4-5,7H2,2H3,(H,13,14). The number of carbonyl (C=O) groups is 2. The van der Waals surface area contributed by atoms with Gasteiger partial charge >= 0.3 is 5.97 Å². The van der Waals surface area contributed by atoms with Gasteiger partial charge in [0.1, 0.15) is 5.69 Å². The number of hydrogen-bond acceptors (Lipinski definition) is 4. The van der Waals surface area contributed by atoms with Crippen molar-refractivity contribution in [3.05, 3.63) is 11.8 Å². The Balaban J connectivity index is 2.14. The van der Waals surface area contributed by atoms with Gasteiger partial charge < -0.3 is 4.74 Å². The molecule has 94 valence electrons. The van der Waals surface area contributed by atoms with E-state index in [1.807, 2.05) is 0 Å². The summed E-state index contributed by atoms with van der Waals surface area (Å²) in [5, 5.41) is 6.48. The summed E-state index contributed by atoms with van der Waals surface area (Å²) in [6.45, 7) is 2.44. The maximum atomic E-state index is 11.7. The summed E-state index contributed by atoms with van der Waals surface area (Å²) in [6.07, 6.45) is 5.62. The van der Waals surface area contributed by atoms with E-state index in [0.717, 1.165) is 0 Å². The molecule has 1 saturated heterocycles. The SMILES string of the molecule is C#CC1CC(=O)N(c2cc(C(=O)OCC)[nH]n2)C1. The topological polar surface area (TPSA) is 75.3 Å². The van der Waals surface area contributed by atoms with Crippen LogP contribution in [-0.4, -0.2) is 35.2 Å². The average Bonchev–Trinajstić information content (AvgIpc) is 2.95. The predicted octanol–water partition coefficient (Wildman–Crippen LogP) is 0.572. The monoisotopic (exact) mass is 247 g/mol. The number of nitrogens with zero attached hydrogens (tertiary/aromatic N) is 2. The molecule has 1 aromatic heterocycles. The Morgan fingerprint density at radius 1 is 1.78 bits per heavy atom. The summed E-state index contributed by atoms with van der Waals surface area (Å²) >= 11 is 0. The molecule has 1 N–H and O–H groups in total. The second kappa shape index (κ2) is 4.92. The van der Waals surface area contributed by atoms with Gasteiger partial charge in [0.05, 0.1) is 6.61 Å². The summed E-state index contributed by atoms with van der Waals surface area (Å²) in [7, 11) is 0. The van der Waals surface area contributed by atoms with Crippen LogP contribution >= 0.6 is 0 Å². The van der Waals surface area contributed by atoms with Gasteiger partial charge in [0.25, 0.3) is 0 Å². The molecule has 0 spiro atoms. The van der Waals surface area contributed by atoms with Crippen LogP contribution < -0.4 is 4.90 Å². The van der Waals surface area contributed by atoms with E-state index < -0.39 is 5.97 Å². The highest BCUT2D eigenvalue weighted by atomic mass is 16.5. The first-order valence-electron chi connectivity index (χ1n) is 5.64. The van der Waals surface area contributed by atoms with Crippen molar-refractivity contribution in [2.45, 2.75) is 13.3 Å². The number of rotatable bonds is 3. The Bertz CT molecular complexity index is 515. The third-order valence-corrected chi connectivity index (χ3v) is 2.70. The van der Waals surface area contributed by atoms with Gasteiger partial charge in [0.2, 0.25) is 5.91 Å². The van der Waals surface area contributed by atoms with Gasteiger partial charge in [-0.05, 0) is 6.92 Å². The fourth-order valence-corrected chi connectivity index (χ4v) is 1.80. The van der Waals surface area contributed by atoms with Crippen molar-refractivity contribution in [3.8, 4) is 12.3 Å². The molecule has 0 radical (unpaired) electrons. The molecule has 6 nitrogen and oxygen atoms in total. The Morgan fingerprint density at radius 2 is 2.56 bits per heavy atom. The van der Waals surface area contributed by atoms with Crippen LogP contribution in [0.5, 0.6) is 0 Å². The number of aromatic amines is 1. The molecular weight excluding hydrogens is 234 g/mol. The third kappa shape index (κ3) is 2.20. The molecule has 2 rings (SSSR count). The van der Waals surface area contributed by atoms with Gasteiger partial charge in [-0.1, -0.05) is 0 Å². The summed E-state index contributed by atoms with van der Waals surface area (Å²) in [5.41, 5.74) is 0.226. The molecule has 1 unspecified atom stereocenters. The lowest BCUT2D eigenvalue weighted by Gasteiger charge is -2.10. The van der Waals surface area contributed by atoms with E-state index in [4.69, 9.17) is 11.2 Å². The second-order valence-corrected chi connectivity index (χ2v) is 3.93. The molecule has 1 fully saturated rings. The summed E-state index contributed by atoms with van der Waals surface area (Å²) in [4.78, 5) is 24.6. The lowest BCUT2D eigenvalue weighted by atomic mass is 10.1. The number of terminal acetylenes is 1. The zero-order valence-corrected chi connectivity index (χ0v) is 9.97. The lowest BCUT2D eigenvalue weighted by molar-refractivity contribution is -0.117. The molecule has 6 heteroatoms. The molecule has 1 atom stereocenters. The van der Waals surface area contributed by atoms with Crippen molar-refractivity contribution >= 4 is 17.7 Å². The number of nitrogens with one attached hydrogen (secondary N) is 1.